The molecule has 6 heteroatoms. The lowest BCUT2D eigenvalue weighted by atomic mass is 10.2. The van der Waals surface area contributed by atoms with Crippen molar-refractivity contribution in [2.24, 2.45) is 0 Å². The van der Waals surface area contributed by atoms with Crippen molar-refractivity contribution in [3.63, 3.8) is 0 Å². The zero-order valence-corrected chi connectivity index (χ0v) is 14.1. The van der Waals surface area contributed by atoms with Crippen molar-refractivity contribution in [3.05, 3.63) is 65.9 Å². The number of hydrogen-bond donors (Lipinski definition) is 2. The summed E-state index contributed by atoms with van der Waals surface area (Å²) in [5, 5.41) is 14.8. The number of rotatable bonds is 7. The molecule has 25 heavy (non-hydrogen) atoms. The van der Waals surface area contributed by atoms with E-state index in [1.54, 1.807) is 38.5 Å². The SMILES string of the molecule is COc1ccc(CN/C=C(/C#N)C(=O)Nc2ccc(OC)cc2)cc1. The van der Waals surface area contributed by atoms with Crippen LogP contribution in [0.2, 0.25) is 0 Å². The van der Waals surface area contributed by atoms with Crippen LogP contribution in [0.15, 0.2) is 60.3 Å². The van der Waals surface area contributed by atoms with E-state index < -0.39 is 5.91 Å². The predicted octanol–water partition coefficient (Wildman–Crippen LogP) is 2.84. The van der Waals surface area contributed by atoms with Crippen molar-refractivity contribution in [2.75, 3.05) is 19.5 Å². The van der Waals surface area contributed by atoms with Crippen LogP contribution in [0.5, 0.6) is 11.5 Å². The van der Waals surface area contributed by atoms with Gasteiger partial charge in [-0.15, -0.1) is 0 Å². The highest BCUT2D eigenvalue weighted by Crippen LogP contribution is 2.15. The highest BCUT2D eigenvalue weighted by molar-refractivity contribution is 6.06. The van der Waals surface area contributed by atoms with E-state index in [2.05, 4.69) is 10.6 Å². The molecule has 0 atom stereocenters. The summed E-state index contributed by atoms with van der Waals surface area (Å²) >= 11 is 0. The number of carbonyl (C=O) groups excluding carboxylic acids is 1. The van der Waals surface area contributed by atoms with Gasteiger partial charge in [0.15, 0.2) is 0 Å². The lowest BCUT2D eigenvalue weighted by molar-refractivity contribution is -0.112. The zero-order chi connectivity index (χ0) is 18.1. The van der Waals surface area contributed by atoms with Gasteiger partial charge in [-0.25, -0.2) is 0 Å². The van der Waals surface area contributed by atoms with Crippen molar-refractivity contribution in [1.29, 1.82) is 5.26 Å². The van der Waals surface area contributed by atoms with Gasteiger partial charge < -0.3 is 20.1 Å². The van der Waals surface area contributed by atoms with Crippen molar-refractivity contribution in [3.8, 4) is 17.6 Å². The van der Waals surface area contributed by atoms with Gasteiger partial charge in [-0.2, -0.15) is 5.26 Å². The van der Waals surface area contributed by atoms with Gasteiger partial charge in [0, 0.05) is 18.4 Å². The molecule has 2 aromatic carbocycles. The van der Waals surface area contributed by atoms with E-state index in [9.17, 15) is 4.79 Å². The zero-order valence-electron chi connectivity index (χ0n) is 14.1. The van der Waals surface area contributed by atoms with Crippen LogP contribution in [0.4, 0.5) is 5.69 Å². The minimum absolute atomic E-state index is 0.00988. The van der Waals surface area contributed by atoms with Crippen molar-refractivity contribution in [1.82, 2.24) is 5.32 Å². The van der Waals surface area contributed by atoms with E-state index in [1.807, 2.05) is 30.3 Å². The summed E-state index contributed by atoms with van der Waals surface area (Å²) in [7, 11) is 3.18. The molecule has 0 saturated carbocycles. The molecule has 0 radical (unpaired) electrons. The molecule has 0 bridgehead atoms. The number of amides is 1. The van der Waals surface area contributed by atoms with Gasteiger partial charge in [0.25, 0.3) is 5.91 Å². The number of hydrogen-bond acceptors (Lipinski definition) is 5. The normalized spacial score (nSPS) is 10.5. The third-order valence-electron chi connectivity index (χ3n) is 3.42. The van der Waals surface area contributed by atoms with Gasteiger partial charge in [-0.1, -0.05) is 12.1 Å². The maximum atomic E-state index is 12.1. The number of nitrogens with one attached hydrogen (secondary N) is 2. The second kappa shape index (κ2) is 8.99. The summed E-state index contributed by atoms with van der Waals surface area (Å²) in [6.45, 7) is 0.491. The van der Waals surface area contributed by atoms with Crippen LogP contribution in [0.3, 0.4) is 0 Å². The Balaban J connectivity index is 1.93. The lowest BCUT2D eigenvalue weighted by Crippen LogP contribution is -2.16. The molecule has 0 saturated heterocycles. The number of anilines is 1. The minimum Gasteiger partial charge on any atom is -0.497 e. The fourth-order valence-electron chi connectivity index (χ4n) is 2.04. The topological polar surface area (TPSA) is 83.4 Å². The minimum atomic E-state index is -0.477. The molecule has 0 aliphatic rings. The fraction of sp³-hybridized carbons (Fsp3) is 0.158. The van der Waals surface area contributed by atoms with Crippen LogP contribution in [0.1, 0.15) is 5.56 Å². The van der Waals surface area contributed by atoms with Crippen LogP contribution in [-0.2, 0) is 11.3 Å². The Kier molecular flexibility index (Phi) is 6.43. The van der Waals surface area contributed by atoms with Crippen LogP contribution < -0.4 is 20.1 Å². The van der Waals surface area contributed by atoms with E-state index in [0.29, 0.717) is 18.0 Å². The summed E-state index contributed by atoms with van der Waals surface area (Å²) in [6.07, 6.45) is 1.41. The average molecular weight is 337 g/mol. The first-order chi connectivity index (χ1) is 12.2. The van der Waals surface area contributed by atoms with E-state index in [4.69, 9.17) is 14.7 Å². The Morgan fingerprint density at radius 1 is 1.04 bits per heavy atom. The smallest absolute Gasteiger partial charge is 0.267 e. The molecule has 2 aromatic rings. The van der Waals surface area contributed by atoms with Gasteiger partial charge in [0.05, 0.1) is 14.2 Å². The number of nitriles is 1. The van der Waals surface area contributed by atoms with Crippen LogP contribution in [-0.4, -0.2) is 20.1 Å². The molecule has 0 aromatic heterocycles. The molecule has 0 fully saturated rings. The highest BCUT2D eigenvalue weighted by atomic mass is 16.5. The summed E-state index contributed by atoms with van der Waals surface area (Å²) in [5.74, 6) is 0.987. The molecule has 6 nitrogen and oxygen atoms in total. The third-order valence-corrected chi connectivity index (χ3v) is 3.42. The Morgan fingerprint density at radius 2 is 1.60 bits per heavy atom. The average Bonchev–Trinajstić information content (AvgIpc) is 2.66. The van der Waals surface area contributed by atoms with E-state index in [1.165, 1.54) is 6.20 Å². The number of methoxy groups -OCH3 is 2. The summed E-state index contributed by atoms with van der Waals surface area (Å²) in [4.78, 5) is 12.1. The van der Waals surface area contributed by atoms with Crippen molar-refractivity contribution < 1.29 is 14.3 Å². The van der Waals surface area contributed by atoms with Crippen molar-refractivity contribution >= 4 is 11.6 Å². The molecule has 0 aliphatic carbocycles. The Hall–Kier alpha value is -3.46. The number of nitrogens with zero attached hydrogens (tertiary/aromatic N) is 1. The first kappa shape index (κ1) is 17.9. The Morgan fingerprint density at radius 3 is 2.12 bits per heavy atom. The molecular formula is C19H19N3O3. The van der Waals surface area contributed by atoms with Gasteiger partial charge in [0.2, 0.25) is 0 Å². The Bertz CT molecular complexity index is 775. The van der Waals surface area contributed by atoms with Gasteiger partial charge in [-0.3, -0.25) is 4.79 Å². The van der Waals surface area contributed by atoms with Gasteiger partial charge >= 0.3 is 0 Å². The van der Waals surface area contributed by atoms with Crippen LogP contribution in [0, 0.1) is 11.3 Å². The van der Waals surface area contributed by atoms with Crippen LogP contribution in [0.25, 0.3) is 0 Å². The molecule has 0 spiro atoms. The molecular weight excluding hydrogens is 318 g/mol. The third kappa shape index (κ3) is 5.29. The largest absolute Gasteiger partial charge is 0.497 e. The van der Waals surface area contributed by atoms with Crippen LogP contribution >= 0.6 is 0 Å². The first-order valence-corrected chi connectivity index (χ1v) is 7.58. The monoisotopic (exact) mass is 337 g/mol. The number of ether oxygens (including phenoxy) is 2. The molecule has 2 N–H and O–H groups in total. The summed E-state index contributed by atoms with van der Waals surface area (Å²) in [6, 6.07) is 16.3. The van der Waals surface area contributed by atoms with Gasteiger partial charge in [0.1, 0.15) is 23.1 Å². The summed E-state index contributed by atoms with van der Waals surface area (Å²) in [5.41, 5.74) is 1.58. The number of carbonyl (C=O) groups is 1. The molecule has 0 aliphatic heterocycles. The molecule has 0 heterocycles. The van der Waals surface area contributed by atoms with Crippen molar-refractivity contribution in [2.45, 2.75) is 6.54 Å². The van der Waals surface area contributed by atoms with E-state index >= 15 is 0 Å². The van der Waals surface area contributed by atoms with Gasteiger partial charge in [-0.05, 0) is 42.0 Å². The quantitative estimate of drug-likeness (QED) is 0.599. The summed E-state index contributed by atoms with van der Waals surface area (Å²) < 4.78 is 10.2. The number of benzene rings is 2. The van der Waals surface area contributed by atoms with E-state index in [0.717, 1.165) is 11.3 Å². The second-order valence-electron chi connectivity index (χ2n) is 5.08. The maximum absolute atomic E-state index is 12.1. The Labute approximate surface area is 146 Å². The predicted molar refractivity (Wildman–Crippen MR) is 95.2 cm³/mol. The fourth-order valence-corrected chi connectivity index (χ4v) is 2.04. The first-order valence-electron chi connectivity index (χ1n) is 7.58. The standard InChI is InChI=1S/C19H19N3O3/c1-24-17-7-3-14(4-8-17)12-21-13-15(11-20)19(23)22-16-5-9-18(25-2)10-6-16/h3-10,13,21H,12H2,1-2H3,(H,22,23)/b15-13-. The molecule has 128 valence electrons. The highest BCUT2D eigenvalue weighted by Gasteiger charge is 2.09. The molecule has 1 amide bonds. The lowest BCUT2D eigenvalue weighted by Gasteiger charge is -2.07. The second-order valence-corrected chi connectivity index (χ2v) is 5.08. The molecule has 2 rings (SSSR count). The maximum Gasteiger partial charge on any atom is 0.267 e. The molecule has 0 unspecified atom stereocenters. The van der Waals surface area contributed by atoms with E-state index in [-0.39, 0.29) is 5.57 Å².